The molecule has 0 aromatic heterocycles. The van der Waals surface area contributed by atoms with Gasteiger partial charge >= 0.3 is 6.03 Å². The molecule has 94 valence electrons. The summed E-state index contributed by atoms with van der Waals surface area (Å²) in [6.45, 7) is 4.08. The molecule has 0 heterocycles. The maximum atomic E-state index is 11.3. The van der Waals surface area contributed by atoms with Crippen molar-refractivity contribution < 1.29 is 9.53 Å². The number of urea groups is 1. The monoisotopic (exact) mass is 256 g/mol. The molecule has 0 aliphatic rings. The van der Waals surface area contributed by atoms with E-state index in [0.29, 0.717) is 10.8 Å². The van der Waals surface area contributed by atoms with Gasteiger partial charge in [-0.25, -0.2) is 4.79 Å². The minimum absolute atomic E-state index is 0.129. The van der Waals surface area contributed by atoms with Crippen LogP contribution in [-0.2, 0) is 0 Å². The SMILES string of the molecule is CCC(C)NC(=O)NCOc1ccc(Cl)cc1. The lowest BCUT2D eigenvalue weighted by molar-refractivity contribution is 0.221. The van der Waals surface area contributed by atoms with E-state index in [0.717, 1.165) is 6.42 Å². The molecule has 1 atom stereocenters. The highest BCUT2D eigenvalue weighted by Gasteiger charge is 2.03. The van der Waals surface area contributed by atoms with E-state index in [9.17, 15) is 4.79 Å². The van der Waals surface area contributed by atoms with Crippen LogP contribution < -0.4 is 15.4 Å². The summed E-state index contributed by atoms with van der Waals surface area (Å²) in [5, 5.41) is 6.03. The van der Waals surface area contributed by atoms with Crippen molar-refractivity contribution in [2.24, 2.45) is 0 Å². The Hall–Kier alpha value is -1.42. The number of carbonyl (C=O) groups is 1. The van der Waals surface area contributed by atoms with Gasteiger partial charge in [0, 0.05) is 11.1 Å². The molecule has 17 heavy (non-hydrogen) atoms. The Morgan fingerprint density at radius 1 is 1.41 bits per heavy atom. The second kappa shape index (κ2) is 7.01. The number of hydrogen-bond acceptors (Lipinski definition) is 2. The molecule has 2 amide bonds. The fourth-order valence-electron chi connectivity index (χ4n) is 1.09. The number of amides is 2. The number of carbonyl (C=O) groups excluding carboxylic acids is 1. The minimum Gasteiger partial charge on any atom is -0.473 e. The number of hydrogen-bond donors (Lipinski definition) is 2. The van der Waals surface area contributed by atoms with Crippen LogP contribution in [0.3, 0.4) is 0 Å². The molecule has 1 rings (SSSR count). The maximum absolute atomic E-state index is 11.3. The van der Waals surface area contributed by atoms with E-state index in [4.69, 9.17) is 16.3 Å². The van der Waals surface area contributed by atoms with Gasteiger partial charge in [-0.05, 0) is 37.6 Å². The van der Waals surface area contributed by atoms with Gasteiger partial charge in [0.1, 0.15) is 5.75 Å². The molecule has 5 heteroatoms. The molecular formula is C12H17ClN2O2. The van der Waals surface area contributed by atoms with Gasteiger partial charge in [-0.3, -0.25) is 0 Å². The van der Waals surface area contributed by atoms with E-state index < -0.39 is 0 Å². The molecular weight excluding hydrogens is 240 g/mol. The average Bonchev–Trinajstić information content (AvgIpc) is 2.31. The Bertz CT molecular complexity index is 354. The highest BCUT2D eigenvalue weighted by molar-refractivity contribution is 6.30. The highest BCUT2D eigenvalue weighted by atomic mass is 35.5. The number of nitrogens with one attached hydrogen (secondary N) is 2. The Morgan fingerprint density at radius 3 is 2.65 bits per heavy atom. The van der Waals surface area contributed by atoms with Crippen molar-refractivity contribution in [3.63, 3.8) is 0 Å². The first-order chi connectivity index (χ1) is 8.11. The van der Waals surface area contributed by atoms with Crippen LogP contribution in [0.5, 0.6) is 5.75 Å². The van der Waals surface area contributed by atoms with Gasteiger partial charge in [-0.1, -0.05) is 18.5 Å². The van der Waals surface area contributed by atoms with Crippen molar-refractivity contribution in [1.29, 1.82) is 0 Å². The van der Waals surface area contributed by atoms with Gasteiger partial charge in [-0.2, -0.15) is 0 Å². The molecule has 4 nitrogen and oxygen atoms in total. The third kappa shape index (κ3) is 5.45. The summed E-state index contributed by atoms with van der Waals surface area (Å²) in [5.74, 6) is 0.665. The average molecular weight is 257 g/mol. The Morgan fingerprint density at radius 2 is 2.06 bits per heavy atom. The van der Waals surface area contributed by atoms with Crippen molar-refractivity contribution in [2.45, 2.75) is 26.3 Å². The van der Waals surface area contributed by atoms with Crippen molar-refractivity contribution in [1.82, 2.24) is 10.6 Å². The predicted molar refractivity (Wildman–Crippen MR) is 68.4 cm³/mol. The van der Waals surface area contributed by atoms with Gasteiger partial charge < -0.3 is 15.4 Å². The van der Waals surface area contributed by atoms with Crippen LogP contribution in [0.15, 0.2) is 24.3 Å². The molecule has 0 aliphatic heterocycles. The summed E-state index contributed by atoms with van der Waals surface area (Å²) in [5.41, 5.74) is 0. The maximum Gasteiger partial charge on any atom is 0.317 e. The zero-order chi connectivity index (χ0) is 12.7. The first-order valence-corrected chi connectivity index (χ1v) is 5.92. The van der Waals surface area contributed by atoms with Crippen molar-refractivity contribution >= 4 is 17.6 Å². The van der Waals surface area contributed by atoms with E-state index in [1.807, 2.05) is 13.8 Å². The molecule has 1 unspecified atom stereocenters. The molecule has 0 aliphatic carbocycles. The number of halogens is 1. The molecule has 1 aromatic carbocycles. The lowest BCUT2D eigenvalue weighted by Crippen LogP contribution is -2.41. The first-order valence-electron chi connectivity index (χ1n) is 5.54. The summed E-state index contributed by atoms with van der Waals surface area (Å²) in [4.78, 5) is 11.3. The Labute approximate surface area is 106 Å². The van der Waals surface area contributed by atoms with Crippen molar-refractivity contribution in [3.05, 3.63) is 29.3 Å². The fourth-order valence-corrected chi connectivity index (χ4v) is 1.22. The van der Waals surface area contributed by atoms with Crippen LogP contribution in [0.4, 0.5) is 4.79 Å². The third-order valence-corrected chi connectivity index (χ3v) is 2.53. The van der Waals surface area contributed by atoms with E-state index in [1.165, 1.54) is 0 Å². The second-order valence-corrected chi connectivity index (χ2v) is 4.14. The van der Waals surface area contributed by atoms with E-state index >= 15 is 0 Å². The van der Waals surface area contributed by atoms with Gasteiger partial charge in [0.15, 0.2) is 6.73 Å². The standard InChI is InChI=1S/C12H17ClN2O2/c1-3-9(2)15-12(16)14-8-17-11-6-4-10(13)5-7-11/h4-7,9H,3,8H2,1-2H3,(H2,14,15,16). The predicted octanol–water partition coefficient (Wildman–Crippen LogP) is 2.77. The molecule has 0 saturated carbocycles. The van der Waals surface area contributed by atoms with E-state index in [1.54, 1.807) is 24.3 Å². The van der Waals surface area contributed by atoms with Gasteiger partial charge in [0.05, 0.1) is 0 Å². The fraction of sp³-hybridized carbons (Fsp3) is 0.417. The molecule has 0 fully saturated rings. The van der Waals surface area contributed by atoms with E-state index in [2.05, 4.69) is 10.6 Å². The third-order valence-electron chi connectivity index (χ3n) is 2.28. The topological polar surface area (TPSA) is 50.4 Å². The Balaban J connectivity index is 2.23. The van der Waals surface area contributed by atoms with Crippen LogP contribution in [0, 0.1) is 0 Å². The highest BCUT2D eigenvalue weighted by Crippen LogP contribution is 2.14. The van der Waals surface area contributed by atoms with E-state index in [-0.39, 0.29) is 18.8 Å². The first kappa shape index (κ1) is 13.6. The molecule has 0 radical (unpaired) electrons. The quantitative estimate of drug-likeness (QED) is 0.796. The summed E-state index contributed by atoms with van der Waals surface area (Å²) >= 11 is 5.73. The molecule has 0 saturated heterocycles. The number of benzene rings is 1. The Kier molecular flexibility index (Phi) is 5.63. The molecule has 2 N–H and O–H groups in total. The zero-order valence-electron chi connectivity index (χ0n) is 10.00. The van der Waals surface area contributed by atoms with Crippen LogP contribution in [-0.4, -0.2) is 18.8 Å². The van der Waals surface area contributed by atoms with Crippen molar-refractivity contribution in [3.8, 4) is 5.75 Å². The lowest BCUT2D eigenvalue weighted by atomic mass is 10.3. The van der Waals surface area contributed by atoms with Crippen LogP contribution >= 0.6 is 11.6 Å². The molecule has 1 aromatic rings. The van der Waals surface area contributed by atoms with Gasteiger partial charge in [-0.15, -0.1) is 0 Å². The van der Waals surface area contributed by atoms with Crippen LogP contribution in [0.25, 0.3) is 0 Å². The summed E-state index contributed by atoms with van der Waals surface area (Å²) in [6, 6.07) is 6.89. The normalized spacial score (nSPS) is 11.7. The smallest absolute Gasteiger partial charge is 0.317 e. The summed E-state index contributed by atoms with van der Waals surface area (Å²) in [6.07, 6.45) is 0.894. The zero-order valence-corrected chi connectivity index (χ0v) is 10.8. The van der Waals surface area contributed by atoms with Crippen LogP contribution in [0.1, 0.15) is 20.3 Å². The number of rotatable bonds is 5. The molecule has 0 spiro atoms. The minimum atomic E-state index is -0.228. The lowest BCUT2D eigenvalue weighted by Gasteiger charge is -2.13. The van der Waals surface area contributed by atoms with Crippen molar-refractivity contribution in [2.75, 3.05) is 6.73 Å². The second-order valence-electron chi connectivity index (χ2n) is 3.70. The van der Waals surface area contributed by atoms with Crippen LogP contribution in [0.2, 0.25) is 5.02 Å². The largest absolute Gasteiger partial charge is 0.473 e. The summed E-state index contributed by atoms with van der Waals surface area (Å²) < 4.78 is 5.32. The summed E-state index contributed by atoms with van der Waals surface area (Å²) in [7, 11) is 0. The molecule has 0 bridgehead atoms. The van der Waals surface area contributed by atoms with Gasteiger partial charge in [0.25, 0.3) is 0 Å². The van der Waals surface area contributed by atoms with Gasteiger partial charge in [0.2, 0.25) is 0 Å². The number of ether oxygens (including phenoxy) is 1.